The van der Waals surface area contributed by atoms with Crippen LogP contribution in [0.2, 0.25) is 0 Å². The average molecular weight is 199 g/mol. The molecule has 0 aromatic heterocycles. The normalized spacial score (nSPS) is 27.3. The van der Waals surface area contributed by atoms with Gasteiger partial charge in [0.25, 0.3) is 0 Å². The number of hydrogen-bond acceptors (Lipinski definition) is 3. The molecule has 1 aliphatic rings. The second kappa shape index (κ2) is 5.98. The highest BCUT2D eigenvalue weighted by Crippen LogP contribution is 2.18. The summed E-state index contributed by atoms with van der Waals surface area (Å²) in [7, 11) is 1.92. The van der Waals surface area contributed by atoms with Crippen molar-refractivity contribution in [1.82, 2.24) is 16.0 Å². The van der Waals surface area contributed by atoms with Gasteiger partial charge in [0, 0.05) is 25.7 Å². The highest BCUT2D eigenvalue weighted by atomic mass is 16.1. The molecule has 1 aliphatic carbocycles. The van der Waals surface area contributed by atoms with Gasteiger partial charge in [0.2, 0.25) is 5.91 Å². The third kappa shape index (κ3) is 3.64. The Morgan fingerprint density at radius 3 is 2.50 bits per heavy atom. The van der Waals surface area contributed by atoms with Gasteiger partial charge in [-0.15, -0.1) is 0 Å². The molecule has 4 heteroatoms. The summed E-state index contributed by atoms with van der Waals surface area (Å²) in [6, 6.07) is 0.745. The largest absolute Gasteiger partial charge is 0.352 e. The molecule has 2 unspecified atom stereocenters. The number of rotatable bonds is 4. The molecule has 14 heavy (non-hydrogen) atoms. The Hall–Kier alpha value is -0.610. The summed E-state index contributed by atoms with van der Waals surface area (Å²) in [6.07, 6.45) is 4.74. The van der Waals surface area contributed by atoms with Gasteiger partial charge in [-0.1, -0.05) is 12.8 Å². The van der Waals surface area contributed by atoms with Gasteiger partial charge in [0.1, 0.15) is 0 Å². The fourth-order valence-electron chi connectivity index (χ4n) is 2.04. The summed E-state index contributed by atoms with van der Waals surface area (Å²) < 4.78 is 0. The lowest BCUT2D eigenvalue weighted by Crippen LogP contribution is -2.52. The molecule has 1 fully saturated rings. The van der Waals surface area contributed by atoms with E-state index in [2.05, 4.69) is 16.0 Å². The van der Waals surface area contributed by atoms with Crippen LogP contribution in [0.15, 0.2) is 0 Å². The van der Waals surface area contributed by atoms with Crippen molar-refractivity contribution in [3.8, 4) is 0 Å². The van der Waals surface area contributed by atoms with Gasteiger partial charge < -0.3 is 10.6 Å². The van der Waals surface area contributed by atoms with Crippen LogP contribution < -0.4 is 16.0 Å². The third-order valence-electron chi connectivity index (χ3n) is 2.70. The number of nitrogens with one attached hydrogen (secondary N) is 3. The predicted octanol–water partition coefficient (Wildman–Crippen LogP) is 0.200. The van der Waals surface area contributed by atoms with E-state index in [-0.39, 0.29) is 5.91 Å². The van der Waals surface area contributed by atoms with Gasteiger partial charge in [-0.2, -0.15) is 0 Å². The lowest BCUT2D eigenvalue weighted by Gasteiger charge is -2.32. The molecule has 0 aromatic carbocycles. The first-order valence-electron chi connectivity index (χ1n) is 5.39. The van der Waals surface area contributed by atoms with E-state index in [1.54, 1.807) is 6.92 Å². The van der Waals surface area contributed by atoms with E-state index in [0.29, 0.717) is 12.1 Å². The Morgan fingerprint density at radius 1 is 1.29 bits per heavy atom. The second-order valence-corrected chi connectivity index (χ2v) is 3.93. The SMILES string of the molecule is CNCNC1CCCCC1NC(C)=O. The lowest BCUT2D eigenvalue weighted by molar-refractivity contribution is -0.120. The highest BCUT2D eigenvalue weighted by molar-refractivity contribution is 5.73. The standard InChI is InChI=1S/C10H21N3O/c1-8(14)13-10-6-4-3-5-9(10)12-7-11-2/h9-12H,3-7H2,1-2H3,(H,13,14). The molecule has 0 radical (unpaired) electrons. The summed E-state index contributed by atoms with van der Waals surface area (Å²) in [5.74, 6) is 0.0770. The fraction of sp³-hybridized carbons (Fsp3) is 0.900. The molecule has 0 aliphatic heterocycles. The van der Waals surface area contributed by atoms with Gasteiger partial charge in [0.15, 0.2) is 0 Å². The Bertz CT molecular complexity index is 184. The summed E-state index contributed by atoms with van der Waals surface area (Å²) >= 11 is 0. The number of carbonyl (C=O) groups is 1. The van der Waals surface area contributed by atoms with Gasteiger partial charge in [-0.25, -0.2) is 0 Å². The van der Waals surface area contributed by atoms with E-state index in [9.17, 15) is 4.79 Å². The maximum atomic E-state index is 11.0. The molecular formula is C10H21N3O. The van der Waals surface area contributed by atoms with Crippen LogP contribution in [0.25, 0.3) is 0 Å². The Labute approximate surface area is 85.8 Å². The number of amides is 1. The molecule has 0 spiro atoms. The van der Waals surface area contributed by atoms with Gasteiger partial charge in [-0.3, -0.25) is 10.1 Å². The molecule has 3 N–H and O–H groups in total. The van der Waals surface area contributed by atoms with Crippen molar-refractivity contribution in [1.29, 1.82) is 0 Å². The van der Waals surface area contributed by atoms with Gasteiger partial charge >= 0.3 is 0 Å². The van der Waals surface area contributed by atoms with Crippen molar-refractivity contribution in [3.05, 3.63) is 0 Å². The Kier molecular flexibility index (Phi) is 4.90. The van der Waals surface area contributed by atoms with Crippen LogP contribution in [0.4, 0.5) is 0 Å². The van der Waals surface area contributed by atoms with E-state index in [4.69, 9.17) is 0 Å². The van der Waals surface area contributed by atoms with E-state index in [0.717, 1.165) is 19.5 Å². The fourth-order valence-corrected chi connectivity index (χ4v) is 2.04. The maximum Gasteiger partial charge on any atom is 0.217 e. The zero-order valence-corrected chi connectivity index (χ0v) is 9.10. The average Bonchev–Trinajstić information content (AvgIpc) is 2.16. The lowest BCUT2D eigenvalue weighted by atomic mass is 9.90. The minimum atomic E-state index is 0.0770. The van der Waals surface area contributed by atoms with Crippen LogP contribution in [0.1, 0.15) is 32.6 Å². The van der Waals surface area contributed by atoms with Crippen LogP contribution in [0.3, 0.4) is 0 Å². The van der Waals surface area contributed by atoms with E-state index < -0.39 is 0 Å². The van der Waals surface area contributed by atoms with E-state index in [1.807, 2.05) is 7.05 Å². The molecule has 1 amide bonds. The smallest absolute Gasteiger partial charge is 0.217 e. The summed E-state index contributed by atoms with van der Waals surface area (Å²) in [5, 5.41) is 9.48. The molecule has 2 atom stereocenters. The zero-order valence-electron chi connectivity index (χ0n) is 9.10. The van der Waals surface area contributed by atoms with Crippen molar-refractivity contribution in [2.75, 3.05) is 13.7 Å². The Morgan fingerprint density at radius 2 is 1.93 bits per heavy atom. The molecule has 1 rings (SSSR count). The van der Waals surface area contributed by atoms with Gasteiger partial charge in [-0.05, 0) is 19.9 Å². The van der Waals surface area contributed by atoms with E-state index in [1.165, 1.54) is 12.8 Å². The molecule has 82 valence electrons. The van der Waals surface area contributed by atoms with Crippen molar-refractivity contribution < 1.29 is 4.79 Å². The second-order valence-electron chi connectivity index (χ2n) is 3.93. The van der Waals surface area contributed by atoms with Crippen molar-refractivity contribution in [2.24, 2.45) is 0 Å². The van der Waals surface area contributed by atoms with Crippen LogP contribution in [-0.2, 0) is 4.79 Å². The summed E-state index contributed by atoms with van der Waals surface area (Å²) in [6.45, 7) is 2.39. The molecule has 0 heterocycles. The molecule has 4 nitrogen and oxygen atoms in total. The minimum absolute atomic E-state index is 0.0770. The van der Waals surface area contributed by atoms with Crippen LogP contribution >= 0.6 is 0 Å². The zero-order chi connectivity index (χ0) is 10.4. The molecule has 1 saturated carbocycles. The van der Waals surface area contributed by atoms with Crippen LogP contribution in [0, 0.1) is 0 Å². The number of hydrogen-bond donors (Lipinski definition) is 3. The topological polar surface area (TPSA) is 53.2 Å². The first-order chi connectivity index (χ1) is 6.74. The third-order valence-corrected chi connectivity index (χ3v) is 2.70. The van der Waals surface area contributed by atoms with Crippen LogP contribution in [-0.4, -0.2) is 31.7 Å². The maximum absolute atomic E-state index is 11.0. The first-order valence-corrected chi connectivity index (χ1v) is 5.39. The summed E-state index contributed by atoms with van der Waals surface area (Å²) in [5.41, 5.74) is 0. The van der Waals surface area contributed by atoms with Crippen LogP contribution in [0.5, 0.6) is 0 Å². The highest BCUT2D eigenvalue weighted by Gasteiger charge is 2.24. The van der Waals surface area contributed by atoms with E-state index >= 15 is 0 Å². The van der Waals surface area contributed by atoms with Crippen molar-refractivity contribution in [2.45, 2.75) is 44.7 Å². The summed E-state index contributed by atoms with van der Waals surface area (Å²) in [4.78, 5) is 11.0. The molecule has 0 aromatic rings. The van der Waals surface area contributed by atoms with Crippen molar-refractivity contribution in [3.63, 3.8) is 0 Å². The number of carbonyl (C=O) groups excluding carboxylic acids is 1. The van der Waals surface area contributed by atoms with Crippen molar-refractivity contribution >= 4 is 5.91 Å². The molecule has 0 bridgehead atoms. The monoisotopic (exact) mass is 199 g/mol. The predicted molar refractivity (Wildman–Crippen MR) is 56.9 cm³/mol. The quantitative estimate of drug-likeness (QED) is 0.567. The first kappa shape index (κ1) is 11.5. The molecule has 0 saturated heterocycles. The minimum Gasteiger partial charge on any atom is -0.352 e. The Balaban J connectivity index is 2.37. The molecular weight excluding hydrogens is 178 g/mol. The van der Waals surface area contributed by atoms with Gasteiger partial charge in [0.05, 0.1) is 0 Å².